The molecule has 6 nitrogen and oxygen atoms in total. The second kappa shape index (κ2) is 7.62. The van der Waals surface area contributed by atoms with Crippen molar-refractivity contribution in [2.75, 3.05) is 39.5 Å². The Kier molecular flexibility index (Phi) is 6.06. The number of nitrogens with zero attached hydrogens (tertiary/aromatic N) is 1. The molecule has 1 N–H and O–H groups in total. The van der Waals surface area contributed by atoms with E-state index >= 15 is 0 Å². The second-order valence-corrected chi connectivity index (χ2v) is 7.22. The molecular formula is C16H30N2O4. The summed E-state index contributed by atoms with van der Waals surface area (Å²) < 4.78 is 16.5. The number of ether oxygens (including phenoxy) is 3. The lowest BCUT2D eigenvalue weighted by molar-refractivity contribution is -0.0324. The number of carbonyl (C=O) groups is 1. The molecule has 0 saturated carbocycles. The molecule has 0 bridgehead atoms. The summed E-state index contributed by atoms with van der Waals surface area (Å²) in [7, 11) is 0. The number of hydrogen-bond acceptors (Lipinski definition) is 5. The summed E-state index contributed by atoms with van der Waals surface area (Å²) >= 11 is 0. The molecule has 2 fully saturated rings. The highest BCUT2D eigenvalue weighted by atomic mass is 16.6. The van der Waals surface area contributed by atoms with Crippen LogP contribution in [0.25, 0.3) is 0 Å². The number of rotatable bonds is 4. The van der Waals surface area contributed by atoms with Crippen molar-refractivity contribution < 1.29 is 19.0 Å². The lowest BCUT2D eigenvalue weighted by atomic mass is 10.0. The molecule has 3 atom stereocenters. The van der Waals surface area contributed by atoms with Gasteiger partial charge in [-0.25, -0.2) is 4.79 Å². The van der Waals surface area contributed by atoms with E-state index in [-0.39, 0.29) is 12.1 Å². The van der Waals surface area contributed by atoms with E-state index in [1.807, 2.05) is 20.8 Å². The zero-order chi connectivity index (χ0) is 16.2. The van der Waals surface area contributed by atoms with Crippen LogP contribution in [0, 0.1) is 5.92 Å². The maximum absolute atomic E-state index is 12.3. The van der Waals surface area contributed by atoms with E-state index in [4.69, 9.17) is 14.2 Å². The first-order chi connectivity index (χ1) is 10.4. The zero-order valence-corrected chi connectivity index (χ0v) is 14.3. The van der Waals surface area contributed by atoms with Gasteiger partial charge in [0.2, 0.25) is 0 Å². The molecule has 2 rings (SSSR count). The van der Waals surface area contributed by atoms with Crippen LogP contribution in [0.4, 0.5) is 4.79 Å². The molecule has 2 aliphatic rings. The summed E-state index contributed by atoms with van der Waals surface area (Å²) in [6.07, 6.45) is 0.852. The molecule has 128 valence electrons. The third-order valence-electron chi connectivity index (χ3n) is 4.20. The van der Waals surface area contributed by atoms with Gasteiger partial charge >= 0.3 is 6.09 Å². The minimum atomic E-state index is -0.470. The van der Waals surface area contributed by atoms with Crippen LogP contribution >= 0.6 is 0 Å². The Morgan fingerprint density at radius 1 is 1.32 bits per heavy atom. The predicted molar refractivity (Wildman–Crippen MR) is 83.9 cm³/mol. The predicted octanol–water partition coefficient (Wildman–Crippen LogP) is 1.64. The van der Waals surface area contributed by atoms with Crippen molar-refractivity contribution in [1.82, 2.24) is 10.2 Å². The zero-order valence-electron chi connectivity index (χ0n) is 14.3. The van der Waals surface area contributed by atoms with Crippen molar-refractivity contribution in [3.8, 4) is 0 Å². The number of nitrogens with one attached hydrogen (secondary N) is 1. The van der Waals surface area contributed by atoms with E-state index in [1.165, 1.54) is 0 Å². The van der Waals surface area contributed by atoms with Gasteiger partial charge in [0.15, 0.2) is 0 Å². The molecule has 3 unspecified atom stereocenters. The van der Waals surface area contributed by atoms with E-state index < -0.39 is 5.60 Å². The van der Waals surface area contributed by atoms with E-state index in [0.29, 0.717) is 31.7 Å². The van der Waals surface area contributed by atoms with Gasteiger partial charge in [-0.15, -0.1) is 0 Å². The minimum absolute atomic E-state index is 0.0216. The van der Waals surface area contributed by atoms with Gasteiger partial charge in [-0.05, 0) is 40.0 Å². The van der Waals surface area contributed by atoms with Crippen molar-refractivity contribution >= 4 is 6.09 Å². The Bertz CT molecular complexity index is 364. The van der Waals surface area contributed by atoms with Gasteiger partial charge < -0.3 is 19.5 Å². The second-order valence-electron chi connectivity index (χ2n) is 7.22. The highest BCUT2D eigenvalue weighted by molar-refractivity contribution is 5.68. The Hall–Kier alpha value is -0.850. The lowest BCUT2D eigenvalue weighted by Gasteiger charge is -2.37. The number of amides is 1. The molecule has 2 heterocycles. The van der Waals surface area contributed by atoms with E-state index in [2.05, 4.69) is 12.2 Å². The average molecular weight is 314 g/mol. The number of morpholine rings is 1. The molecule has 0 aromatic heterocycles. The first-order valence-electron chi connectivity index (χ1n) is 8.25. The molecule has 0 radical (unpaired) electrons. The molecule has 6 heteroatoms. The molecule has 22 heavy (non-hydrogen) atoms. The molecule has 0 aliphatic carbocycles. The summed E-state index contributed by atoms with van der Waals surface area (Å²) in [6.45, 7) is 12.0. The maximum atomic E-state index is 12.3. The molecule has 1 amide bonds. The van der Waals surface area contributed by atoms with Crippen LogP contribution in [0.3, 0.4) is 0 Å². The maximum Gasteiger partial charge on any atom is 0.410 e. The van der Waals surface area contributed by atoms with Gasteiger partial charge in [0.1, 0.15) is 5.60 Å². The molecular weight excluding hydrogens is 284 g/mol. The normalized spacial score (nSPS) is 27.7. The van der Waals surface area contributed by atoms with Gasteiger partial charge in [0.25, 0.3) is 0 Å². The van der Waals surface area contributed by atoms with Crippen LogP contribution in [0.15, 0.2) is 0 Å². The monoisotopic (exact) mass is 314 g/mol. The summed E-state index contributed by atoms with van der Waals surface area (Å²) in [6, 6.07) is 0.401. The van der Waals surface area contributed by atoms with Crippen LogP contribution in [-0.2, 0) is 14.2 Å². The Labute approximate surface area is 133 Å². The topological polar surface area (TPSA) is 60.0 Å². The third kappa shape index (κ3) is 5.11. The SMILES string of the molecule is CC(NCC1COCCN1C(=O)OC(C)(C)C)C1CCOC1. The smallest absolute Gasteiger partial charge is 0.410 e. The first-order valence-corrected chi connectivity index (χ1v) is 8.25. The number of carbonyl (C=O) groups excluding carboxylic acids is 1. The number of hydrogen-bond donors (Lipinski definition) is 1. The Morgan fingerprint density at radius 2 is 2.05 bits per heavy atom. The van der Waals surface area contributed by atoms with Gasteiger partial charge in [0, 0.05) is 25.7 Å². The van der Waals surface area contributed by atoms with Crippen molar-refractivity contribution in [1.29, 1.82) is 0 Å². The van der Waals surface area contributed by atoms with Crippen LogP contribution in [0.5, 0.6) is 0 Å². The van der Waals surface area contributed by atoms with E-state index in [1.54, 1.807) is 4.90 Å². The summed E-state index contributed by atoms with van der Waals surface area (Å²) in [5.41, 5.74) is -0.470. The van der Waals surface area contributed by atoms with Crippen LogP contribution in [-0.4, -0.2) is 68.2 Å². The van der Waals surface area contributed by atoms with Crippen LogP contribution in [0.2, 0.25) is 0 Å². The molecule has 0 aromatic rings. The lowest BCUT2D eigenvalue weighted by Crippen LogP contribution is -2.55. The summed E-state index contributed by atoms with van der Waals surface area (Å²) in [5, 5.41) is 3.53. The van der Waals surface area contributed by atoms with E-state index in [0.717, 1.165) is 26.2 Å². The highest BCUT2D eigenvalue weighted by Gasteiger charge is 2.31. The fourth-order valence-corrected chi connectivity index (χ4v) is 2.82. The van der Waals surface area contributed by atoms with Crippen molar-refractivity contribution in [2.45, 2.75) is 51.8 Å². The molecule has 0 spiro atoms. The van der Waals surface area contributed by atoms with Crippen molar-refractivity contribution in [2.24, 2.45) is 5.92 Å². The van der Waals surface area contributed by atoms with Crippen LogP contribution < -0.4 is 5.32 Å². The molecule has 2 saturated heterocycles. The average Bonchev–Trinajstić information content (AvgIpc) is 2.97. The fourth-order valence-electron chi connectivity index (χ4n) is 2.82. The Morgan fingerprint density at radius 3 is 2.68 bits per heavy atom. The van der Waals surface area contributed by atoms with Crippen LogP contribution in [0.1, 0.15) is 34.1 Å². The summed E-state index contributed by atoms with van der Waals surface area (Å²) in [5.74, 6) is 0.555. The Balaban J connectivity index is 1.85. The van der Waals surface area contributed by atoms with Gasteiger partial charge in [-0.3, -0.25) is 4.90 Å². The first kappa shape index (κ1) is 17.5. The largest absolute Gasteiger partial charge is 0.444 e. The molecule has 2 aliphatic heterocycles. The van der Waals surface area contributed by atoms with Gasteiger partial charge in [-0.2, -0.15) is 0 Å². The highest BCUT2D eigenvalue weighted by Crippen LogP contribution is 2.18. The van der Waals surface area contributed by atoms with Crippen molar-refractivity contribution in [3.63, 3.8) is 0 Å². The van der Waals surface area contributed by atoms with Crippen molar-refractivity contribution in [3.05, 3.63) is 0 Å². The van der Waals surface area contributed by atoms with E-state index in [9.17, 15) is 4.79 Å². The van der Waals surface area contributed by atoms with Gasteiger partial charge in [-0.1, -0.05) is 0 Å². The quantitative estimate of drug-likeness (QED) is 0.855. The summed E-state index contributed by atoms with van der Waals surface area (Å²) in [4.78, 5) is 14.1. The fraction of sp³-hybridized carbons (Fsp3) is 0.938. The minimum Gasteiger partial charge on any atom is -0.444 e. The standard InChI is InChI=1S/C16H30N2O4/c1-12(13-5-7-20-10-13)17-9-14-11-21-8-6-18(14)15(19)22-16(2,3)4/h12-14,17H,5-11H2,1-4H3. The van der Waals surface area contributed by atoms with Gasteiger partial charge in [0.05, 0.1) is 25.9 Å². The third-order valence-corrected chi connectivity index (χ3v) is 4.20. The molecule has 0 aromatic carbocycles.